The number of rotatable bonds is 3. The summed E-state index contributed by atoms with van der Waals surface area (Å²) in [6, 6.07) is 4.41. The van der Waals surface area contributed by atoms with E-state index < -0.39 is 52.2 Å². The van der Waals surface area contributed by atoms with Crippen molar-refractivity contribution in [1.29, 1.82) is 5.26 Å². The Balaban J connectivity index is 1.54. The topological polar surface area (TPSA) is 108 Å². The summed E-state index contributed by atoms with van der Waals surface area (Å²) in [7, 11) is 2.00. The molecule has 2 aromatic rings. The predicted octanol–water partition coefficient (Wildman–Crippen LogP) is 3.90. The van der Waals surface area contributed by atoms with Gasteiger partial charge in [0.15, 0.2) is 0 Å². The largest absolute Gasteiger partial charge is 0.494 e. The van der Waals surface area contributed by atoms with E-state index in [4.69, 9.17) is 14.7 Å². The fraction of sp³-hybridized carbons (Fsp3) is 0.520. The van der Waals surface area contributed by atoms with Gasteiger partial charge in [0.05, 0.1) is 45.5 Å². The van der Waals surface area contributed by atoms with Gasteiger partial charge in [0, 0.05) is 13.1 Å². The number of fused-ring (bicyclic) bond motifs is 5. The summed E-state index contributed by atoms with van der Waals surface area (Å²) in [5.74, 6) is -2.25. The second kappa shape index (κ2) is 7.88. The highest BCUT2D eigenvalue weighted by atomic mass is 19.4. The number of hydrogen-bond donors (Lipinski definition) is 2. The molecule has 1 aromatic carbocycles. The molecule has 1 aromatic heterocycles. The maximum Gasteiger partial charge on any atom is 0.417 e. The van der Waals surface area contributed by atoms with Gasteiger partial charge >= 0.3 is 12.1 Å². The van der Waals surface area contributed by atoms with Crippen LogP contribution in [0.2, 0.25) is 0 Å². The quantitative estimate of drug-likeness (QED) is 0.610. The molecule has 0 amide bonds. The molecule has 0 spiro atoms. The van der Waals surface area contributed by atoms with Gasteiger partial charge in [-0.2, -0.15) is 18.4 Å². The Hall–Kier alpha value is -3.23. The number of benzene rings is 1. The molecule has 4 heterocycles. The third kappa shape index (κ3) is 3.46. The van der Waals surface area contributed by atoms with Crippen LogP contribution in [-0.2, 0) is 31.6 Å². The number of carbonyl (C=O) groups is 1. The monoisotopic (exact) mass is 505 g/mol. The van der Waals surface area contributed by atoms with Crippen molar-refractivity contribution in [3.63, 3.8) is 0 Å². The minimum absolute atomic E-state index is 0.150. The smallest absolute Gasteiger partial charge is 0.417 e. The molecule has 3 aliphatic rings. The number of piperidine rings is 1. The molecule has 3 aliphatic heterocycles. The van der Waals surface area contributed by atoms with Crippen molar-refractivity contribution < 1.29 is 37.7 Å². The predicted molar refractivity (Wildman–Crippen MR) is 119 cm³/mol. The van der Waals surface area contributed by atoms with Crippen molar-refractivity contribution in [2.24, 2.45) is 5.92 Å². The van der Waals surface area contributed by atoms with Crippen molar-refractivity contribution >= 4 is 5.97 Å². The number of nitrogens with zero attached hydrogens (tertiary/aromatic N) is 3. The molecule has 0 aliphatic carbocycles. The standard InChI is InChI=1S/C25H26F3N3O5/c1-23-11-17(22(34)35-15-6-8-30(3)9-7-15)24(2,36-23)19-18(23)20(32)31(21(19)33)14-5-4-13(12-29)16(10-14)25(26,27)28/h4-5,10,15,17,32-33H,6-9,11H2,1-3H3/t17-,23-,24+/m1/s1. The van der Waals surface area contributed by atoms with Gasteiger partial charge < -0.3 is 24.6 Å². The molecule has 0 radical (unpaired) electrons. The summed E-state index contributed by atoms with van der Waals surface area (Å²) in [4.78, 5) is 15.4. The Kier molecular flexibility index (Phi) is 5.36. The van der Waals surface area contributed by atoms with Crippen molar-refractivity contribution in [1.82, 2.24) is 9.47 Å². The van der Waals surface area contributed by atoms with Crippen molar-refractivity contribution in [2.45, 2.75) is 56.6 Å². The fourth-order valence-electron chi connectivity index (χ4n) is 5.97. The van der Waals surface area contributed by atoms with E-state index >= 15 is 0 Å². The second-order valence-electron chi connectivity index (χ2n) is 10.2. The highest BCUT2D eigenvalue weighted by Gasteiger charge is 2.67. The lowest BCUT2D eigenvalue weighted by molar-refractivity contribution is -0.163. The molecular formula is C25H26F3N3O5. The minimum atomic E-state index is -4.81. The van der Waals surface area contributed by atoms with Crippen LogP contribution in [0.1, 0.15) is 55.4 Å². The van der Waals surface area contributed by atoms with E-state index in [0.29, 0.717) is 18.9 Å². The second-order valence-corrected chi connectivity index (χ2v) is 10.2. The molecule has 2 fully saturated rings. The lowest BCUT2D eigenvalue weighted by Gasteiger charge is -2.32. The third-order valence-electron chi connectivity index (χ3n) is 7.76. The number of likely N-dealkylation sites (tertiary alicyclic amines) is 1. The molecule has 5 rings (SSSR count). The number of alkyl halides is 3. The van der Waals surface area contributed by atoms with E-state index in [0.717, 1.165) is 23.7 Å². The van der Waals surface area contributed by atoms with E-state index in [9.17, 15) is 28.2 Å². The number of aromatic hydroxyl groups is 2. The lowest BCUT2D eigenvalue weighted by Crippen LogP contribution is -2.40. The lowest BCUT2D eigenvalue weighted by atomic mass is 9.72. The van der Waals surface area contributed by atoms with Crippen LogP contribution in [0.5, 0.6) is 11.8 Å². The van der Waals surface area contributed by atoms with Gasteiger partial charge in [0.2, 0.25) is 11.8 Å². The van der Waals surface area contributed by atoms with E-state index in [-0.39, 0.29) is 29.3 Å². The first-order valence-electron chi connectivity index (χ1n) is 11.7. The average Bonchev–Trinajstić information content (AvgIpc) is 3.35. The van der Waals surface area contributed by atoms with Gasteiger partial charge in [0.1, 0.15) is 11.7 Å². The summed E-state index contributed by atoms with van der Waals surface area (Å²) in [5, 5.41) is 31.3. The summed E-state index contributed by atoms with van der Waals surface area (Å²) < 4.78 is 53.5. The number of nitriles is 1. The number of ether oxygens (including phenoxy) is 2. The van der Waals surface area contributed by atoms with Gasteiger partial charge in [-0.05, 0) is 58.4 Å². The third-order valence-corrected chi connectivity index (χ3v) is 7.76. The van der Waals surface area contributed by atoms with Gasteiger partial charge in [0.25, 0.3) is 0 Å². The summed E-state index contributed by atoms with van der Waals surface area (Å²) >= 11 is 0. The van der Waals surface area contributed by atoms with E-state index in [1.807, 2.05) is 7.05 Å². The first-order valence-corrected chi connectivity index (χ1v) is 11.7. The first kappa shape index (κ1) is 24.5. The molecule has 0 saturated carbocycles. The fourth-order valence-corrected chi connectivity index (χ4v) is 5.97. The Morgan fingerprint density at radius 2 is 1.83 bits per heavy atom. The van der Waals surface area contributed by atoms with Crippen LogP contribution in [0.25, 0.3) is 5.69 Å². The maximum absolute atomic E-state index is 13.5. The molecule has 2 N–H and O–H groups in total. The molecule has 0 unspecified atom stereocenters. The van der Waals surface area contributed by atoms with Crippen LogP contribution in [0.3, 0.4) is 0 Å². The summed E-state index contributed by atoms with van der Waals surface area (Å²) in [6.07, 6.45) is -3.45. The van der Waals surface area contributed by atoms with E-state index in [1.54, 1.807) is 13.8 Å². The average molecular weight is 505 g/mol. The molecular weight excluding hydrogens is 479 g/mol. The zero-order chi connectivity index (χ0) is 26.2. The van der Waals surface area contributed by atoms with Gasteiger partial charge in [-0.3, -0.25) is 9.36 Å². The van der Waals surface area contributed by atoms with E-state index in [1.165, 1.54) is 12.1 Å². The Morgan fingerprint density at radius 1 is 1.19 bits per heavy atom. The zero-order valence-electron chi connectivity index (χ0n) is 20.0. The maximum atomic E-state index is 13.5. The highest BCUT2D eigenvalue weighted by molar-refractivity contribution is 5.78. The van der Waals surface area contributed by atoms with Crippen LogP contribution >= 0.6 is 0 Å². The van der Waals surface area contributed by atoms with Gasteiger partial charge in [-0.15, -0.1) is 0 Å². The van der Waals surface area contributed by atoms with Crippen LogP contribution in [0.15, 0.2) is 18.2 Å². The summed E-state index contributed by atoms with van der Waals surface area (Å²) in [6.45, 7) is 4.90. The molecule has 192 valence electrons. The number of hydrogen-bond acceptors (Lipinski definition) is 7. The molecule has 11 heteroatoms. The van der Waals surface area contributed by atoms with Crippen molar-refractivity contribution in [2.75, 3.05) is 20.1 Å². The first-order chi connectivity index (χ1) is 16.8. The summed E-state index contributed by atoms with van der Waals surface area (Å²) in [5.41, 5.74) is -4.08. The van der Waals surface area contributed by atoms with Crippen molar-refractivity contribution in [3.05, 3.63) is 40.5 Å². The van der Waals surface area contributed by atoms with Gasteiger partial charge in [-0.25, -0.2) is 0 Å². The zero-order valence-corrected chi connectivity index (χ0v) is 20.0. The van der Waals surface area contributed by atoms with E-state index in [2.05, 4.69) is 4.90 Å². The molecule has 8 nitrogen and oxygen atoms in total. The molecule has 2 saturated heterocycles. The minimum Gasteiger partial charge on any atom is -0.494 e. The van der Waals surface area contributed by atoms with Crippen LogP contribution in [0, 0.1) is 17.2 Å². The Morgan fingerprint density at radius 3 is 2.44 bits per heavy atom. The van der Waals surface area contributed by atoms with Crippen molar-refractivity contribution in [3.8, 4) is 23.5 Å². The number of esters is 1. The molecule has 2 bridgehead atoms. The normalized spacial score (nSPS) is 28.2. The SMILES string of the molecule is CN1CCC(OC(=O)[C@H]2C[C@@]3(C)O[C@]2(C)c2c3c(O)n(-c3ccc(C#N)c(C(F)(F)F)c3)c2O)CC1. The number of halogens is 3. The number of aromatic nitrogens is 1. The number of carbonyl (C=O) groups excluding carboxylic acids is 1. The van der Waals surface area contributed by atoms with Crippen LogP contribution in [0.4, 0.5) is 13.2 Å². The Labute approximate surface area is 205 Å². The van der Waals surface area contributed by atoms with Crippen LogP contribution < -0.4 is 0 Å². The Bertz CT molecular complexity index is 1290. The molecule has 3 atom stereocenters. The van der Waals surface area contributed by atoms with Gasteiger partial charge in [-0.1, -0.05) is 0 Å². The highest BCUT2D eigenvalue weighted by Crippen LogP contribution is 2.66. The van der Waals surface area contributed by atoms with Crippen LogP contribution in [-0.4, -0.2) is 51.9 Å². The molecule has 36 heavy (non-hydrogen) atoms.